The van der Waals surface area contributed by atoms with E-state index in [-0.39, 0.29) is 11.1 Å². The van der Waals surface area contributed by atoms with Gasteiger partial charge in [0.2, 0.25) is 5.56 Å². The zero-order valence-corrected chi connectivity index (χ0v) is 20.3. The molecule has 3 aromatic rings. The van der Waals surface area contributed by atoms with Gasteiger partial charge < -0.3 is 9.88 Å². The first-order chi connectivity index (χ1) is 17.2. The quantitative estimate of drug-likeness (QED) is 0.546. The number of hydrogen-bond donors (Lipinski definition) is 2. The average Bonchev–Trinajstić information content (AvgIpc) is 3.71. The summed E-state index contributed by atoms with van der Waals surface area (Å²) in [6, 6.07) is 12.2. The predicted molar refractivity (Wildman–Crippen MR) is 135 cm³/mol. The maximum atomic E-state index is 13.7. The molecule has 1 fully saturated rings. The van der Waals surface area contributed by atoms with E-state index in [1.165, 1.54) is 27.0 Å². The summed E-state index contributed by atoms with van der Waals surface area (Å²) in [6.07, 6.45) is -0.146. The van der Waals surface area contributed by atoms with Crippen LogP contribution in [-0.2, 0) is 7.05 Å². The molecule has 2 N–H and O–H groups in total. The molecule has 1 aromatic carbocycles. The van der Waals surface area contributed by atoms with Gasteiger partial charge in [-0.3, -0.25) is 24.5 Å². The van der Waals surface area contributed by atoms with E-state index < -0.39 is 19.0 Å². The highest BCUT2D eigenvalue weighted by Crippen LogP contribution is 2.40. The number of rotatable bonds is 5. The van der Waals surface area contributed by atoms with Gasteiger partial charge in [-0.05, 0) is 48.6 Å². The minimum atomic E-state index is -4.40. The number of benzene rings is 1. The lowest BCUT2D eigenvalue weighted by Gasteiger charge is -2.26. The Morgan fingerprint density at radius 3 is 2.39 bits per heavy atom. The van der Waals surface area contributed by atoms with E-state index in [0.29, 0.717) is 34.1 Å². The molecule has 0 radical (unpaired) electrons. The lowest BCUT2D eigenvalue weighted by atomic mass is 10.1. The summed E-state index contributed by atoms with van der Waals surface area (Å²) in [5.41, 5.74) is 2.63. The van der Waals surface area contributed by atoms with Crippen LogP contribution in [0.15, 0.2) is 63.2 Å². The van der Waals surface area contributed by atoms with E-state index in [1.54, 1.807) is 25.4 Å². The molecule has 0 saturated heterocycles. The number of halogens is 3. The molecule has 1 unspecified atom stereocenters. The zero-order valence-electron chi connectivity index (χ0n) is 20.3. The molecule has 1 saturated carbocycles. The van der Waals surface area contributed by atoms with E-state index in [1.807, 2.05) is 38.1 Å². The molecule has 1 aliphatic carbocycles. The number of nitrogens with one attached hydrogen (secondary N) is 2. The third-order valence-corrected chi connectivity index (χ3v) is 5.96. The number of fused-ring (bicyclic) bond motifs is 1. The Hall–Kier alpha value is -3.66. The fraction of sp³-hybridized carbons (Fsp3) is 0.346. The van der Waals surface area contributed by atoms with Crippen LogP contribution in [0.3, 0.4) is 0 Å². The molecular formula is C26H28F3N5O2. The first kappa shape index (κ1) is 25.4. The minimum absolute atomic E-state index is 0.209. The minimum Gasteiger partial charge on any atom is -0.337 e. The largest absolute Gasteiger partial charge is 0.401 e. The first-order valence-electron chi connectivity index (χ1n) is 11.9. The molecule has 0 bridgehead atoms. The van der Waals surface area contributed by atoms with Crippen molar-refractivity contribution in [1.29, 1.82) is 0 Å². The van der Waals surface area contributed by atoms with Gasteiger partial charge in [0.1, 0.15) is 5.82 Å². The van der Waals surface area contributed by atoms with Gasteiger partial charge in [0.15, 0.2) is 6.29 Å². The van der Waals surface area contributed by atoms with E-state index in [2.05, 4.69) is 15.6 Å². The molecule has 3 heterocycles. The van der Waals surface area contributed by atoms with Crippen molar-refractivity contribution in [3.8, 4) is 16.8 Å². The molecule has 1 atom stereocenters. The van der Waals surface area contributed by atoms with Gasteiger partial charge in [0, 0.05) is 42.2 Å². The predicted octanol–water partition coefficient (Wildman–Crippen LogP) is 4.39. The number of anilines is 1. The van der Waals surface area contributed by atoms with Crippen molar-refractivity contribution in [1.82, 2.24) is 14.5 Å². The van der Waals surface area contributed by atoms with Gasteiger partial charge in [0.05, 0.1) is 12.2 Å². The third-order valence-electron chi connectivity index (χ3n) is 5.96. The van der Waals surface area contributed by atoms with Crippen LogP contribution >= 0.6 is 0 Å². The second kappa shape index (κ2) is 10.1. The van der Waals surface area contributed by atoms with Crippen molar-refractivity contribution in [2.45, 2.75) is 45.1 Å². The second-order valence-corrected chi connectivity index (χ2v) is 8.56. The molecule has 1 aliphatic heterocycles. The zero-order chi connectivity index (χ0) is 26.0. The van der Waals surface area contributed by atoms with Crippen LogP contribution in [0.2, 0.25) is 0 Å². The van der Waals surface area contributed by atoms with Crippen molar-refractivity contribution in [2.24, 2.45) is 12.0 Å². The summed E-state index contributed by atoms with van der Waals surface area (Å²) in [4.78, 5) is 29.6. The summed E-state index contributed by atoms with van der Waals surface area (Å²) in [5.74, 6) is 0.880. The van der Waals surface area contributed by atoms with Crippen LogP contribution in [0.5, 0.6) is 0 Å². The highest BCUT2D eigenvalue weighted by atomic mass is 19.4. The van der Waals surface area contributed by atoms with Crippen molar-refractivity contribution < 1.29 is 13.2 Å². The van der Waals surface area contributed by atoms with Crippen LogP contribution in [0, 0.1) is 0 Å². The number of aliphatic imine (C=N–C) groups is 1. The summed E-state index contributed by atoms with van der Waals surface area (Å²) in [6.45, 7) is 2.77. The monoisotopic (exact) mass is 499 g/mol. The molecule has 5 rings (SSSR count). The Labute approximate surface area is 206 Å². The lowest BCUT2D eigenvalue weighted by Crippen LogP contribution is -2.43. The SMILES string of the molecule is CC.Cn1cc(-c2cc3c(n(-c4ccc(C5CC5)cc4)c2=O)NC(NCC(F)(F)F)N=C3)ccc1=O. The first-order valence-corrected chi connectivity index (χ1v) is 11.9. The summed E-state index contributed by atoms with van der Waals surface area (Å²) in [5, 5.41) is 5.23. The molecule has 7 nitrogen and oxygen atoms in total. The van der Waals surface area contributed by atoms with Gasteiger partial charge in [-0.2, -0.15) is 13.2 Å². The van der Waals surface area contributed by atoms with Gasteiger partial charge in [-0.15, -0.1) is 0 Å². The van der Waals surface area contributed by atoms with Crippen LogP contribution in [0.4, 0.5) is 19.0 Å². The van der Waals surface area contributed by atoms with E-state index >= 15 is 0 Å². The maximum Gasteiger partial charge on any atom is 0.401 e. The number of hydrogen-bond acceptors (Lipinski definition) is 5. The van der Waals surface area contributed by atoms with Gasteiger partial charge in [-0.1, -0.05) is 26.0 Å². The summed E-state index contributed by atoms with van der Waals surface area (Å²) >= 11 is 0. The second-order valence-electron chi connectivity index (χ2n) is 8.56. The lowest BCUT2D eigenvalue weighted by molar-refractivity contribution is -0.125. The Kier molecular flexibility index (Phi) is 7.16. The molecule has 36 heavy (non-hydrogen) atoms. The molecule has 0 spiro atoms. The molecule has 2 aliphatic rings. The highest BCUT2D eigenvalue weighted by molar-refractivity contribution is 5.91. The van der Waals surface area contributed by atoms with E-state index in [4.69, 9.17) is 0 Å². The molecule has 190 valence electrons. The van der Waals surface area contributed by atoms with Crippen LogP contribution in [0.25, 0.3) is 16.8 Å². The smallest absolute Gasteiger partial charge is 0.337 e. The van der Waals surface area contributed by atoms with Gasteiger partial charge in [0.25, 0.3) is 5.56 Å². The number of alkyl halides is 3. The summed E-state index contributed by atoms with van der Waals surface area (Å²) < 4.78 is 40.9. The molecule has 2 aromatic heterocycles. The van der Waals surface area contributed by atoms with Crippen LogP contribution in [-0.4, -0.2) is 34.4 Å². The normalized spacial score (nSPS) is 16.6. The van der Waals surface area contributed by atoms with Gasteiger partial charge in [-0.25, -0.2) is 0 Å². The van der Waals surface area contributed by atoms with Crippen molar-refractivity contribution in [3.05, 3.63) is 80.5 Å². The van der Waals surface area contributed by atoms with E-state index in [0.717, 1.165) is 12.8 Å². The Morgan fingerprint density at radius 1 is 1.08 bits per heavy atom. The molecular weight excluding hydrogens is 471 g/mol. The number of nitrogens with zero attached hydrogens (tertiary/aromatic N) is 3. The van der Waals surface area contributed by atoms with Gasteiger partial charge >= 0.3 is 6.18 Å². The number of aryl methyl sites for hydroxylation is 1. The topological polar surface area (TPSA) is 80.4 Å². The molecule has 10 heteroatoms. The Bertz CT molecular complexity index is 1390. The van der Waals surface area contributed by atoms with Crippen LogP contribution < -0.4 is 21.8 Å². The number of pyridine rings is 2. The Morgan fingerprint density at radius 2 is 1.78 bits per heavy atom. The van der Waals surface area contributed by atoms with Crippen molar-refractivity contribution in [3.63, 3.8) is 0 Å². The highest BCUT2D eigenvalue weighted by Gasteiger charge is 2.30. The Balaban J connectivity index is 0.00000148. The van der Waals surface area contributed by atoms with Crippen molar-refractivity contribution in [2.75, 3.05) is 11.9 Å². The van der Waals surface area contributed by atoms with Crippen molar-refractivity contribution >= 4 is 12.0 Å². The van der Waals surface area contributed by atoms with Crippen LogP contribution in [0.1, 0.15) is 43.7 Å². The third kappa shape index (κ3) is 5.43. The maximum absolute atomic E-state index is 13.7. The standard InChI is InChI=1S/C24H22F3N5O2.C2H6/c1-31-12-16(6-9-20(31)33)19-10-17-11-28-23(29-13-24(25,26)27)30-21(17)32(22(19)34)18-7-4-15(5-8-18)14-2-3-14;1-2/h4-12,14,23,29-30H,2-3,13H2,1H3;1-2H3. The summed E-state index contributed by atoms with van der Waals surface area (Å²) in [7, 11) is 1.60. The average molecular weight is 500 g/mol. The van der Waals surface area contributed by atoms with E-state index in [9.17, 15) is 22.8 Å². The number of aromatic nitrogens is 2. The molecule has 0 amide bonds. The fourth-order valence-corrected chi connectivity index (χ4v) is 4.04. The fourth-order valence-electron chi connectivity index (χ4n) is 4.04.